The van der Waals surface area contributed by atoms with Gasteiger partial charge < -0.3 is 10.1 Å². The third-order valence-electron chi connectivity index (χ3n) is 6.89. The van der Waals surface area contributed by atoms with E-state index in [2.05, 4.69) is 39.2 Å². The lowest BCUT2D eigenvalue weighted by Gasteiger charge is -2.42. The molecule has 168 valence electrons. The van der Waals surface area contributed by atoms with Crippen molar-refractivity contribution in [2.75, 3.05) is 39.3 Å². The highest BCUT2D eigenvalue weighted by molar-refractivity contribution is 5.94. The predicted octanol–water partition coefficient (Wildman–Crippen LogP) is 2.12. The number of hydrogen-bond acceptors (Lipinski definition) is 6. The van der Waals surface area contributed by atoms with Crippen LogP contribution in [0.4, 0.5) is 0 Å². The van der Waals surface area contributed by atoms with Crippen LogP contribution in [-0.4, -0.2) is 81.8 Å². The Morgan fingerprint density at radius 3 is 2.84 bits per heavy atom. The van der Waals surface area contributed by atoms with Gasteiger partial charge in [0.25, 0.3) is 5.91 Å². The van der Waals surface area contributed by atoms with Gasteiger partial charge in [-0.3, -0.25) is 19.0 Å². The number of hydrogen-bond donors (Lipinski definition) is 1. The van der Waals surface area contributed by atoms with E-state index in [4.69, 9.17) is 4.74 Å². The highest BCUT2D eigenvalue weighted by atomic mass is 16.5. The molecule has 4 heterocycles. The summed E-state index contributed by atoms with van der Waals surface area (Å²) in [6.07, 6.45) is 6.85. The van der Waals surface area contributed by atoms with Gasteiger partial charge in [-0.25, -0.2) is 0 Å². The average Bonchev–Trinajstić information content (AvgIpc) is 3.26. The monoisotopic (exact) mass is 426 g/mol. The predicted molar refractivity (Wildman–Crippen MR) is 118 cm³/mol. The van der Waals surface area contributed by atoms with Crippen molar-refractivity contribution in [2.45, 2.75) is 57.7 Å². The molecule has 0 bridgehead atoms. The summed E-state index contributed by atoms with van der Waals surface area (Å²) in [5.74, 6) is 1.73. The Hall–Kier alpha value is -2.03. The summed E-state index contributed by atoms with van der Waals surface area (Å²) in [5.41, 5.74) is 1.42. The standard InChI is InChI=1S/C23H34N6O2/c1-16(2)28-10-9-27(13-17-5-6-17)15-20(28)22-26-25-21-8-7-18(14-29(21)22)23(30)24-12-19-4-3-11-31-19/h7-8,14,16-17,19-20H,3-6,9-13,15H2,1-2H3,(H,24,30)/t19-,20-/m1/s1. The fourth-order valence-electron chi connectivity index (χ4n) is 4.92. The molecule has 0 spiro atoms. The molecule has 2 aromatic heterocycles. The molecule has 5 rings (SSSR count). The maximum Gasteiger partial charge on any atom is 0.252 e. The average molecular weight is 427 g/mol. The van der Waals surface area contributed by atoms with Crippen LogP contribution in [0.1, 0.15) is 61.8 Å². The Morgan fingerprint density at radius 2 is 2.10 bits per heavy atom. The zero-order chi connectivity index (χ0) is 21.4. The molecule has 2 aromatic rings. The zero-order valence-corrected chi connectivity index (χ0v) is 18.7. The van der Waals surface area contributed by atoms with E-state index in [9.17, 15) is 4.79 Å². The number of nitrogens with one attached hydrogen (secondary N) is 1. The molecule has 0 aromatic carbocycles. The molecule has 1 aliphatic carbocycles. The molecular weight excluding hydrogens is 392 g/mol. The van der Waals surface area contributed by atoms with Crippen LogP contribution >= 0.6 is 0 Å². The highest BCUT2D eigenvalue weighted by Crippen LogP contribution is 2.33. The molecular formula is C23H34N6O2. The van der Waals surface area contributed by atoms with Crippen molar-refractivity contribution >= 4 is 11.6 Å². The Kier molecular flexibility index (Phi) is 5.95. The van der Waals surface area contributed by atoms with Crippen molar-refractivity contribution in [3.05, 3.63) is 29.7 Å². The minimum Gasteiger partial charge on any atom is -0.376 e. The number of piperazine rings is 1. The highest BCUT2D eigenvalue weighted by Gasteiger charge is 2.35. The van der Waals surface area contributed by atoms with E-state index in [-0.39, 0.29) is 18.1 Å². The Balaban J connectivity index is 1.37. The topological polar surface area (TPSA) is 75.0 Å². The second-order valence-electron chi connectivity index (χ2n) is 9.60. The second-order valence-corrected chi connectivity index (χ2v) is 9.60. The number of carbonyl (C=O) groups is 1. The molecule has 0 unspecified atom stereocenters. The number of carbonyl (C=O) groups excluding carboxylic acids is 1. The quantitative estimate of drug-likeness (QED) is 0.731. The molecule has 8 heteroatoms. The molecule has 2 aliphatic heterocycles. The number of aromatic nitrogens is 3. The molecule has 1 saturated carbocycles. The van der Waals surface area contributed by atoms with Crippen molar-refractivity contribution in [3.8, 4) is 0 Å². The summed E-state index contributed by atoms with van der Waals surface area (Å²) in [6.45, 7) is 10.1. The van der Waals surface area contributed by atoms with Crippen LogP contribution in [0.5, 0.6) is 0 Å². The first-order valence-corrected chi connectivity index (χ1v) is 11.8. The number of amides is 1. The van der Waals surface area contributed by atoms with Gasteiger partial charge in [-0.1, -0.05) is 0 Å². The molecule has 3 fully saturated rings. The van der Waals surface area contributed by atoms with E-state index in [1.807, 2.05) is 22.7 Å². The molecule has 8 nitrogen and oxygen atoms in total. The summed E-state index contributed by atoms with van der Waals surface area (Å²) in [6, 6.07) is 4.33. The Labute approximate surface area is 183 Å². The van der Waals surface area contributed by atoms with Gasteiger partial charge in [0.15, 0.2) is 11.5 Å². The lowest BCUT2D eigenvalue weighted by molar-refractivity contribution is 0.0437. The van der Waals surface area contributed by atoms with E-state index in [1.165, 1.54) is 19.4 Å². The molecule has 3 aliphatic rings. The maximum absolute atomic E-state index is 12.8. The zero-order valence-electron chi connectivity index (χ0n) is 18.7. The summed E-state index contributed by atoms with van der Waals surface area (Å²) < 4.78 is 7.64. The molecule has 0 radical (unpaired) electrons. The molecule has 31 heavy (non-hydrogen) atoms. The fourth-order valence-corrected chi connectivity index (χ4v) is 4.92. The van der Waals surface area contributed by atoms with Crippen molar-refractivity contribution < 1.29 is 9.53 Å². The Bertz CT molecular complexity index is 918. The van der Waals surface area contributed by atoms with E-state index in [0.717, 1.165) is 56.5 Å². The molecule has 2 atom stereocenters. The smallest absolute Gasteiger partial charge is 0.252 e. The van der Waals surface area contributed by atoms with E-state index >= 15 is 0 Å². The van der Waals surface area contributed by atoms with Crippen LogP contribution in [0.3, 0.4) is 0 Å². The van der Waals surface area contributed by atoms with Crippen molar-refractivity contribution in [1.29, 1.82) is 0 Å². The van der Waals surface area contributed by atoms with Crippen LogP contribution in [0, 0.1) is 5.92 Å². The van der Waals surface area contributed by atoms with Gasteiger partial charge in [0.1, 0.15) is 0 Å². The SMILES string of the molecule is CC(C)N1CCN(CC2CC2)C[C@@H]1c1nnc2ccc(C(=O)NC[C@H]3CCCO3)cn12. The van der Waals surface area contributed by atoms with Gasteiger partial charge in [0, 0.05) is 51.6 Å². The van der Waals surface area contributed by atoms with Crippen molar-refractivity contribution in [3.63, 3.8) is 0 Å². The van der Waals surface area contributed by atoms with E-state index in [0.29, 0.717) is 18.2 Å². The largest absolute Gasteiger partial charge is 0.376 e. The van der Waals surface area contributed by atoms with Gasteiger partial charge in [0.2, 0.25) is 0 Å². The first kappa shape index (κ1) is 20.8. The van der Waals surface area contributed by atoms with Crippen LogP contribution in [0.15, 0.2) is 18.3 Å². The Morgan fingerprint density at radius 1 is 1.23 bits per heavy atom. The van der Waals surface area contributed by atoms with Crippen LogP contribution in [-0.2, 0) is 4.74 Å². The maximum atomic E-state index is 12.8. The number of fused-ring (bicyclic) bond motifs is 1. The minimum atomic E-state index is -0.0724. The number of ether oxygens (including phenoxy) is 1. The molecule has 1 N–H and O–H groups in total. The summed E-state index contributed by atoms with van der Waals surface area (Å²) >= 11 is 0. The molecule has 1 amide bonds. The second kappa shape index (κ2) is 8.84. The number of pyridine rings is 1. The summed E-state index contributed by atoms with van der Waals surface area (Å²) in [5, 5.41) is 12.0. The fraction of sp³-hybridized carbons (Fsp3) is 0.696. The number of nitrogens with zero attached hydrogens (tertiary/aromatic N) is 5. The van der Waals surface area contributed by atoms with Crippen molar-refractivity contribution in [1.82, 2.24) is 29.7 Å². The lowest BCUT2D eigenvalue weighted by Crippen LogP contribution is -2.51. The summed E-state index contributed by atoms with van der Waals surface area (Å²) in [7, 11) is 0. The first-order chi connectivity index (χ1) is 15.1. The van der Waals surface area contributed by atoms with Crippen LogP contribution < -0.4 is 5.32 Å². The van der Waals surface area contributed by atoms with E-state index in [1.54, 1.807) is 0 Å². The van der Waals surface area contributed by atoms with Gasteiger partial charge in [-0.2, -0.15) is 0 Å². The van der Waals surface area contributed by atoms with Gasteiger partial charge in [0.05, 0.1) is 17.7 Å². The third-order valence-corrected chi connectivity index (χ3v) is 6.89. The number of rotatable bonds is 7. The minimum absolute atomic E-state index is 0.0724. The van der Waals surface area contributed by atoms with Crippen molar-refractivity contribution in [2.24, 2.45) is 5.92 Å². The third kappa shape index (κ3) is 4.61. The van der Waals surface area contributed by atoms with Gasteiger partial charge in [-0.15, -0.1) is 10.2 Å². The first-order valence-electron chi connectivity index (χ1n) is 11.8. The van der Waals surface area contributed by atoms with E-state index < -0.39 is 0 Å². The normalized spacial score (nSPS) is 25.5. The summed E-state index contributed by atoms with van der Waals surface area (Å²) in [4.78, 5) is 17.9. The van der Waals surface area contributed by atoms with Crippen LogP contribution in [0.25, 0.3) is 5.65 Å². The van der Waals surface area contributed by atoms with Gasteiger partial charge in [-0.05, 0) is 57.6 Å². The lowest BCUT2D eigenvalue weighted by atomic mass is 10.1. The van der Waals surface area contributed by atoms with Crippen LogP contribution in [0.2, 0.25) is 0 Å². The van der Waals surface area contributed by atoms with Gasteiger partial charge >= 0.3 is 0 Å². The molecule has 2 saturated heterocycles.